The van der Waals surface area contributed by atoms with E-state index < -0.39 is 0 Å². The van der Waals surface area contributed by atoms with Crippen molar-refractivity contribution in [1.29, 1.82) is 0 Å². The molecule has 0 saturated carbocycles. The molecule has 1 aromatic carbocycles. The minimum atomic E-state index is 0.353. The molecule has 0 aliphatic carbocycles. The third-order valence-corrected chi connectivity index (χ3v) is 4.38. The monoisotopic (exact) mass is 272 g/mol. The Morgan fingerprint density at radius 3 is 2.55 bits per heavy atom. The number of aromatic hydroxyl groups is 1. The van der Waals surface area contributed by atoms with Crippen LogP contribution in [-0.2, 0) is 13.1 Å². The number of fused-ring (bicyclic) bond motifs is 1. The van der Waals surface area contributed by atoms with Gasteiger partial charge >= 0.3 is 0 Å². The van der Waals surface area contributed by atoms with E-state index in [0.717, 1.165) is 18.6 Å². The van der Waals surface area contributed by atoms with Crippen LogP contribution in [0.4, 0.5) is 0 Å². The Kier molecular flexibility index (Phi) is 3.97. The van der Waals surface area contributed by atoms with Crippen LogP contribution in [0.15, 0.2) is 24.4 Å². The van der Waals surface area contributed by atoms with E-state index in [9.17, 15) is 5.11 Å². The smallest absolute Gasteiger partial charge is 0.117 e. The maximum absolute atomic E-state index is 9.69. The van der Waals surface area contributed by atoms with Gasteiger partial charge in [-0.15, -0.1) is 0 Å². The van der Waals surface area contributed by atoms with E-state index in [4.69, 9.17) is 0 Å². The van der Waals surface area contributed by atoms with Gasteiger partial charge in [-0.3, -0.25) is 4.90 Å². The standard InChI is InChI=1S/C17H24N2O/c1-2-19-13-14(12-18-9-5-3-4-6-10-18)16-8-7-15(20)11-17(16)19/h7-8,11,13,20H,2-6,9-10,12H2,1H3. The predicted molar refractivity (Wildman–Crippen MR) is 83.0 cm³/mol. The number of hydrogen-bond donors (Lipinski definition) is 1. The molecule has 1 saturated heterocycles. The first-order valence-electron chi connectivity index (χ1n) is 7.81. The SMILES string of the molecule is CCn1cc(CN2CCCCCC2)c2ccc(O)cc21. The summed E-state index contributed by atoms with van der Waals surface area (Å²) in [6.45, 7) is 6.57. The van der Waals surface area contributed by atoms with Crippen molar-refractivity contribution in [2.24, 2.45) is 0 Å². The highest BCUT2D eigenvalue weighted by atomic mass is 16.3. The normalized spacial score (nSPS) is 17.4. The number of aromatic nitrogens is 1. The first-order chi connectivity index (χ1) is 9.78. The van der Waals surface area contributed by atoms with E-state index in [0.29, 0.717) is 5.75 Å². The summed E-state index contributed by atoms with van der Waals surface area (Å²) in [7, 11) is 0. The lowest BCUT2D eigenvalue weighted by Gasteiger charge is -2.19. The van der Waals surface area contributed by atoms with E-state index in [1.807, 2.05) is 6.07 Å². The second kappa shape index (κ2) is 5.88. The maximum atomic E-state index is 9.69. The molecule has 0 atom stereocenters. The number of benzene rings is 1. The van der Waals surface area contributed by atoms with E-state index in [2.05, 4.69) is 28.7 Å². The van der Waals surface area contributed by atoms with Gasteiger partial charge in [0.2, 0.25) is 0 Å². The molecule has 20 heavy (non-hydrogen) atoms. The second-order valence-corrected chi connectivity index (χ2v) is 5.83. The van der Waals surface area contributed by atoms with Gasteiger partial charge in [0.15, 0.2) is 0 Å². The number of likely N-dealkylation sites (tertiary alicyclic amines) is 1. The molecule has 1 N–H and O–H groups in total. The third-order valence-electron chi connectivity index (χ3n) is 4.38. The van der Waals surface area contributed by atoms with Crippen molar-refractivity contribution in [3.05, 3.63) is 30.0 Å². The van der Waals surface area contributed by atoms with Crippen molar-refractivity contribution in [2.45, 2.75) is 45.7 Å². The minimum absolute atomic E-state index is 0.353. The fourth-order valence-corrected chi connectivity index (χ4v) is 3.28. The second-order valence-electron chi connectivity index (χ2n) is 5.83. The fourth-order valence-electron chi connectivity index (χ4n) is 3.28. The zero-order chi connectivity index (χ0) is 13.9. The number of phenolic OH excluding ortho intramolecular Hbond substituents is 1. The Morgan fingerprint density at radius 1 is 1.10 bits per heavy atom. The Balaban J connectivity index is 1.90. The van der Waals surface area contributed by atoms with Crippen molar-refractivity contribution in [3.8, 4) is 5.75 Å². The average molecular weight is 272 g/mol. The summed E-state index contributed by atoms with van der Waals surface area (Å²) in [6.07, 6.45) is 7.66. The van der Waals surface area contributed by atoms with Crippen LogP contribution in [0.3, 0.4) is 0 Å². The zero-order valence-electron chi connectivity index (χ0n) is 12.3. The summed E-state index contributed by atoms with van der Waals surface area (Å²) >= 11 is 0. The molecule has 0 unspecified atom stereocenters. The summed E-state index contributed by atoms with van der Waals surface area (Å²) in [5, 5.41) is 11.0. The van der Waals surface area contributed by atoms with Crippen molar-refractivity contribution in [2.75, 3.05) is 13.1 Å². The number of hydrogen-bond acceptors (Lipinski definition) is 2. The summed E-state index contributed by atoms with van der Waals surface area (Å²) in [5.74, 6) is 0.353. The zero-order valence-corrected chi connectivity index (χ0v) is 12.3. The van der Waals surface area contributed by atoms with Crippen molar-refractivity contribution < 1.29 is 5.11 Å². The van der Waals surface area contributed by atoms with Gasteiger partial charge in [-0.2, -0.15) is 0 Å². The molecule has 1 aliphatic rings. The minimum Gasteiger partial charge on any atom is -0.508 e. The molecule has 3 heteroatoms. The summed E-state index contributed by atoms with van der Waals surface area (Å²) in [4.78, 5) is 2.58. The molecule has 108 valence electrons. The lowest BCUT2D eigenvalue weighted by Crippen LogP contribution is -2.23. The molecule has 0 bridgehead atoms. The topological polar surface area (TPSA) is 28.4 Å². The lowest BCUT2D eigenvalue weighted by molar-refractivity contribution is 0.278. The van der Waals surface area contributed by atoms with Crippen LogP contribution in [0.5, 0.6) is 5.75 Å². The van der Waals surface area contributed by atoms with Crippen molar-refractivity contribution in [1.82, 2.24) is 9.47 Å². The van der Waals surface area contributed by atoms with Gasteiger partial charge in [-0.1, -0.05) is 12.8 Å². The van der Waals surface area contributed by atoms with Crippen LogP contribution in [0.2, 0.25) is 0 Å². The van der Waals surface area contributed by atoms with Crippen LogP contribution < -0.4 is 0 Å². The van der Waals surface area contributed by atoms with Gasteiger partial charge in [0.05, 0.1) is 5.52 Å². The summed E-state index contributed by atoms with van der Waals surface area (Å²) in [5.41, 5.74) is 2.54. The largest absolute Gasteiger partial charge is 0.508 e. The van der Waals surface area contributed by atoms with Crippen LogP contribution in [0, 0.1) is 0 Å². The molecule has 3 rings (SSSR count). The molecule has 3 nitrogen and oxygen atoms in total. The van der Waals surface area contributed by atoms with Gasteiger partial charge in [0, 0.05) is 30.7 Å². The lowest BCUT2D eigenvalue weighted by atomic mass is 10.1. The Labute approximate surface area is 120 Å². The van der Waals surface area contributed by atoms with Crippen LogP contribution in [0.1, 0.15) is 38.2 Å². The highest BCUT2D eigenvalue weighted by Crippen LogP contribution is 2.27. The Morgan fingerprint density at radius 2 is 1.85 bits per heavy atom. The highest BCUT2D eigenvalue weighted by molar-refractivity contribution is 5.85. The highest BCUT2D eigenvalue weighted by Gasteiger charge is 2.14. The maximum Gasteiger partial charge on any atom is 0.117 e. The third kappa shape index (κ3) is 2.68. The molecule has 2 aromatic rings. The number of rotatable bonds is 3. The Bertz CT molecular complexity index is 580. The summed E-state index contributed by atoms with van der Waals surface area (Å²) < 4.78 is 2.24. The van der Waals surface area contributed by atoms with Gasteiger partial charge in [-0.05, 0) is 50.6 Å². The molecule has 2 heterocycles. The molecule has 1 aliphatic heterocycles. The van der Waals surface area contributed by atoms with Gasteiger partial charge in [-0.25, -0.2) is 0 Å². The van der Waals surface area contributed by atoms with E-state index in [1.165, 1.54) is 49.7 Å². The van der Waals surface area contributed by atoms with Crippen molar-refractivity contribution in [3.63, 3.8) is 0 Å². The molecule has 1 fully saturated rings. The van der Waals surface area contributed by atoms with Crippen LogP contribution >= 0.6 is 0 Å². The number of aryl methyl sites for hydroxylation is 1. The molecule has 1 aromatic heterocycles. The molecule has 0 spiro atoms. The van der Waals surface area contributed by atoms with Gasteiger partial charge in [0.25, 0.3) is 0 Å². The van der Waals surface area contributed by atoms with Gasteiger partial charge < -0.3 is 9.67 Å². The van der Waals surface area contributed by atoms with Crippen LogP contribution in [-0.4, -0.2) is 27.7 Å². The van der Waals surface area contributed by atoms with E-state index in [-0.39, 0.29) is 0 Å². The number of phenols is 1. The quantitative estimate of drug-likeness (QED) is 0.922. The predicted octanol–water partition coefficient (Wildman–Crippen LogP) is 3.74. The fraction of sp³-hybridized carbons (Fsp3) is 0.529. The molecule has 0 radical (unpaired) electrons. The van der Waals surface area contributed by atoms with E-state index in [1.54, 1.807) is 6.07 Å². The summed E-state index contributed by atoms with van der Waals surface area (Å²) in [6, 6.07) is 5.74. The van der Waals surface area contributed by atoms with Crippen molar-refractivity contribution >= 4 is 10.9 Å². The first-order valence-corrected chi connectivity index (χ1v) is 7.81. The van der Waals surface area contributed by atoms with E-state index >= 15 is 0 Å². The number of nitrogens with zero attached hydrogens (tertiary/aromatic N) is 2. The van der Waals surface area contributed by atoms with Crippen LogP contribution in [0.25, 0.3) is 10.9 Å². The molecular weight excluding hydrogens is 248 g/mol. The molecular formula is C17H24N2O. The first kappa shape index (κ1) is 13.5. The molecule has 0 amide bonds. The van der Waals surface area contributed by atoms with Gasteiger partial charge in [0.1, 0.15) is 5.75 Å². The average Bonchev–Trinajstić information content (AvgIpc) is 2.63. The Hall–Kier alpha value is -1.48.